The molecule has 28 heavy (non-hydrogen) atoms. The number of hydrogen-bond donors (Lipinski definition) is 1. The highest BCUT2D eigenvalue weighted by Crippen LogP contribution is 2.23. The fourth-order valence-corrected chi connectivity index (χ4v) is 3.34. The Hall–Kier alpha value is -3.05. The number of rotatable bonds is 6. The number of amides is 1. The molecule has 4 aromatic rings. The lowest BCUT2D eigenvalue weighted by molar-refractivity contribution is 0.0945. The molecule has 0 aliphatic rings. The Morgan fingerprint density at radius 1 is 1.07 bits per heavy atom. The predicted molar refractivity (Wildman–Crippen MR) is 107 cm³/mol. The molecule has 0 atom stereocenters. The fourth-order valence-electron chi connectivity index (χ4n) is 3.22. The summed E-state index contributed by atoms with van der Waals surface area (Å²) in [6.07, 6.45) is 2.28. The summed E-state index contributed by atoms with van der Waals surface area (Å²) in [6.45, 7) is 0.869. The molecular weight excluding hydrogens is 379 g/mol. The molecule has 142 valence electrons. The zero-order valence-corrected chi connectivity index (χ0v) is 15.7. The zero-order chi connectivity index (χ0) is 19.5. The van der Waals surface area contributed by atoms with Gasteiger partial charge >= 0.3 is 0 Å². The van der Waals surface area contributed by atoms with E-state index in [4.69, 9.17) is 16.0 Å². The Morgan fingerprint density at radius 2 is 1.89 bits per heavy atom. The topological polar surface area (TPSA) is 47.2 Å². The molecule has 0 fully saturated rings. The van der Waals surface area contributed by atoms with Gasteiger partial charge in [-0.05, 0) is 41.8 Å². The van der Waals surface area contributed by atoms with Crippen molar-refractivity contribution in [3.8, 4) is 0 Å². The van der Waals surface area contributed by atoms with Gasteiger partial charge in [-0.25, -0.2) is 4.39 Å². The van der Waals surface area contributed by atoms with E-state index >= 15 is 0 Å². The van der Waals surface area contributed by atoms with E-state index in [-0.39, 0.29) is 11.7 Å². The number of carbonyl (C=O) groups excluding carboxylic acids is 1. The van der Waals surface area contributed by atoms with Crippen molar-refractivity contribution >= 4 is 28.6 Å². The van der Waals surface area contributed by atoms with Crippen molar-refractivity contribution in [1.82, 2.24) is 9.88 Å². The van der Waals surface area contributed by atoms with Crippen LogP contribution in [0.4, 0.5) is 4.39 Å². The summed E-state index contributed by atoms with van der Waals surface area (Å²) in [5.41, 5.74) is 3.77. The largest absolute Gasteiger partial charge is 0.463 e. The standard InChI is InChI=1S/C22H18ClFN2O2/c23-17-6-4-15(5-7-17)8-10-25-22(27)20-13-21-19(9-11-28-21)26(20)14-16-2-1-3-18(24)12-16/h1-7,9,11-13H,8,10,14H2,(H,25,27). The molecule has 4 rings (SSSR count). The maximum atomic E-state index is 13.5. The van der Waals surface area contributed by atoms with Gasteiger partial charge in [0.15, 0.2) is 5.58 Å². The molecule has 2 heterocycles. The van der Waals surface area contributed by atoms with Gasteiger partial charge in [-0.2, -0.15) is 0 Å². The number of aromatic nitrogens is 1. The first kappa shape index (κ1) is 18.3. The molecule has 2 aromatic heterocycles. The third-order valence-electron chi connectivity index (χ3n) is 4.60. The minimum atomic E-state index is -0.304. The quantitative estimate of drug-likeness (QED) is 0.496. The van der Waals surface area contributed by atoms with E-state index in [9.17, 15) is 9.18 Å². The highest BCUT2D eigenvalue weighted by Gasteiger charge is 2.17. The third kappa shape index (κ3) is 3.94. The summed E-state index contributed by atoms with van der Waals surface area (Å²) in [5, 5.41) is 3.63. The van der Waals surface area contributed by atoms with Crippen LogP contribution in [0.25, 0.3) is 11.1 Å². The fraction of sp³-hybridized carbons (Fsp3) is 0.136. The van der Waals surface area contributed by atoms with Crippen LogP contribution in [0.15, 0.2) is 71.3 Å². The maximum Gasteiger partial charge on any atom is 0.268 e. The van der Waals surface area contributed by atoms with Gasteiger partial charge in [0, 0.05) is 30.2 Å². The lowest BCUT2D eigenvalue weighted by atomic mass is 10.1. The van der Waals surface area contributed by atoms with E-state index in [1.807, 2.05) is 34.9 Å². The lowest BCUT2D eigenvalue weighted by Gasteiger charge is -2.11. The van der Waals surface area contributed by atoms with E-state index in [1.165, 1.54) is 12.1 Å². The molecule has 6 heteroatoms. The van der Waals surface area contributed by atoms with E-state index in [0.29, 0.717) is 35.8 Å². The van der Waals surface area contributed by atoms with Gasteiger partial charge in [-0.3, -0.25) is 4.79 Å². The van der Waals surface area contributed by atoms with Crippen molar-refractivity contribution in [2.45, 2.75) is 13.0 Å². The van der Waals surface area contributed by atoms with Crippen LogP contribution in [0.5, 0.6) is 0 Å². The second-order valence-electron chi connectivity index (χ2n) is 6.55. The number of nitrogens with one attached hydrogen (secondary N) is 1. The number of hydrogen-bond acceptors (Lipinski definition) is 2. The monoisotopic (exact) mass is 396 g/mol. The summed E-state index contributed by atoms with van der Waals surface area (Å²) in [5.74, 6) is -0.501. The second kappa shape index (κ2) is 7.90. The highest BCUT2D eigenvalue weighted by atomic mass is 35.5. The van der Waals surface area contributed by atoms with E-state index in [2.05, 4.69) is 5.32 Å². The molecular formula is C22H18ClFN2O2. The van der Waals surface area contributed by atoms with E-state index in [1.54, 1.807) is 24.5 Å². The van der Waals surface area contributed by atoms with Crippen LogP contribution < -0.4 is 5.32 Å². The number of benzene rings is 2. The van der Waals surface area contributed by atoms with Crippen LogP contribution in [0.3, 0.4) is 0 Å². The van der Waals surface area contributed by atoms with Gasteiger partial charge in [0.1, 0.15) is 11.5 Å². The third-order valence-corrected chi connectivity index (χ3v) is 4.85. The number of nitrogens with zero attached hydrogens (tertiary/aromatic N) is 1. The first-order valence-corrected chi connectivity index (χ1v) is 9.32. The van der Waals surface area contributed by atoms with Crippen molar-refractivity contribution in [2.24, 2.45) is 0 Å². The van der Waals surface area contributed by atoms with Crippen LogP contribution in [0.2, 0.25) is 5.02 Å². The van der Waals surface area contributed by atoms with Crippen molar-refractivity contribution < 1.29 is 13.6 Å². The summed E-state index contributed by atoms with van der Waals surface area (Å²) in [4.78, 5) is 12.8. The molecule has 0 saturated carbocycles. The Bertz CT molecular complexity index is 1120. The Morgan fingerprint density at radius 3 is 2.68 bits per heavy atom. The molecule has 0 aliphatic heterocycles. The van der Waals surface area contributed by atoms with E-state index in [0.717, 1.165) is 16.6 Å². The Kier molecular flexibility index (Phi) is 5.17. The molecule has 1 amide bonds. The molecule has 4 nitrogen and oxygen atoms in total. The van der Waals surface area contributed by atoms with Crippen molar-refractivity contribution in [2.75, 3.05) is 6.54 Å². The molecule has 0 radical (unpaired) electrons. The van der Waals surface area contributed by atoms with Gasteiger partial charge in [0.05, 0.1) is 11.8 Å². The molecule has 0 aliphatic carbocycles. The van der Waals surface area contributed by atoms with Crippen LogP contribution in [0, 0.1) is 5.82 Å². The van der Waals surface area contributed by atoms with Crippen molar-refractivity contribution in [1.29, 1.82) is 0 Å². The van der Waals surface area contributed by atoms with Gasteiger partial charge in [0.2, 0.25) is 0 Å². The average molecular weight is 397 g/mol. The first-order chi connectivity index (χ1) is 13.6. The SMILES string of the molecule is O=C(NCCc1ccc(Cl)cc1)c1cc2occc2n1Cc1cccc(F)c1. The van der Waals surface area contributed by atoms with Crippen LogP contribution in [-0.4, -0.2) is 17.0 Å². The molecule has 0 spiro atoms. The van der Waals surface area contributed by atoms with Crippen molar-refractivity contribution in [3.63, 3.8) is 0 Å². The van der Waals surface area contributed by atoms with E-state index < -0.39 is 0 Å². The predicted octanol–water partition coefficient (Wildman–Crippen LogP) is 5.05. The number of carbonyl (C=O) groups is 1. The first-order valence-electron chi connectivity index (χ1n) is 8.94. The average Bonchev–Trinajstić information content (AvgIpc) is 3.26. The second-order valence-corrected chi connectivity index (χ2v) is 6.98. The maximum absolute atomic E-state index is 13.5. The summed E-state index contributed by atoms with van der Waals surface area (Å²) in [7, 11) is 0. The molecule has 0 saturated heterocycles. The van der Waals surface area contributed by atoms with Gasteiger partial charge in [-0.15, -0.1) is 0 Å². The minimum Gasteiger partial charge on any atom is -0.463 e. The normalized spacial score (nSPS) is 11.1. The van der Waals surface area contributed by atoms with Gasteiger partial charge in [-0.1, -0.05) is 35.9 Å². The minimum absolute atomic E-state index is 0.197. The molecule has 0 bridgehead atoms. The van der Waals surface area contributed by atoms with Crippen LogP contribution >= 0.6 is 11.6 Å². The van der Waals surface area contributed by atoms with Crippen molar-refractivity contribution in [3.05, 3.63) is 94.6 Å². The highest BCUT2D eigenvalue weighted by molar-refractivity contribution is 6.30. The number of halogens is 2. The zero-order valence-electron chi connectivity index (χ0n) is 15.0. The Labute approximate surface area is 166 Å². The number of furan rings is 1. The number of fused-ring (bicyclic) bond motifs is 1. The molecule has 0 unspecified atom stereocenters. The summed E-state index contributed by atoms with van der Waals surface area (Å²) >= 11 is 5.89. The van der Waals surface area contributed by atoms with Gasteiger partial charge < -0.3 is 14.3 Å². The smallest absolute Gasteiger partial charge is 0.268 e. The van der Waals surface area contributed by atoms with Crippen LogP contribution in [-0.2, 0) is 13.0 Å². The molecule has 1 N–H and O–H groups in total. The van der Waals surface area contributed by atoms with Gasteiger partial charge in [0.25, 0.3) is 5.91 Å². The summed E-state index contributed by atoms with van der Waals surface area (Å²) < 4.78 is 20.8. The molecule has 2 aromatic carbocycles. The summed E-state index contributed by atoms with van der Waals surface area (Å²) in [6, 6.07) is 17.4. The Balaban J connectivity index is 1.51. The lowest BCUT2D eigenvalue weighted by Crippen LogP contribution is -2.28. The van der Waals surface area contributed by atoms with Crippen LogP contribution in [0.1, 0.15) is 21.6 Å².